The Labute approximate surface area is 123 Å². The Morgan fingerprint density at radius 1 is 1.14 bits per heavy atom. The van der Waals surface area contributed by atoms with Crippen molar-refractivity contribution in [1.29, 1.82) is 0 Å². The average molecular weight is 302 g/mol. The highest BCUT2D eigenvalue weighted by atomic mass is 19.4. The van der Waals surface area contributed by atoms with Gasteiger partial charge in [0, 0.05) is 32.7 Å². The van der Waals surface area contributed by atoms with E-state index < -0.39 is 11.7 Å². The molecule has 1 saturated heterocycles. The van der Waals surface area contributed by atoms with Crippen molar-refractivity contribution in [3.05, 3.63) is 28.8 Å². The largest absolute Gasteiger partial charge is 0.492 e. The van der Waals surface area contributed by atoms with Gasteiger partial charge in [-0.05, 0) is 37.1 Å². The van der Waals surface area contributed by atoms with Gasteiger partial charge in [-0.2, -0.15) is 13.2 Å². The van der Waals surface area contributed by atoms with Crippen molar-refractivity contribution in [3.8, 4) is 5.75 Å². The lowest BCUT2D eigenvalue weighted by atomic mass is 10.0. The van der Waals surface area contributed by atoms with Crippen molar-refractivity contribution < 1.29 is 17.9 Å². The maximum absolute atomic E-state index is 12.8. The van der Waals surface area contributed by atoms with Gasteiger partial charge in [0.15, 0.2) is 0 Å². The third kappa shape index (κ3) is 4.35. The molecule has 0 saturated carbocycles. The number of alkyl halides is 3. The fourth-order valence-corrected chi connectivity index (χ4v) is 2.47. The summed E-state index contributed by atoms with van der Waals surface area (Å²) in [5, 5.41) is 3.27. The lowest BCUT2D eigenvalue weighted by molar-refractivity contribution is -0.138. The van der Waals surface area contributed by atoms with Crippen LogP contribution < -0.4 is 10.1 Å². The Morgan fingerprint density at radius 2 is 1.81 bits per heavy atom. The smallest absolute Gasteiger partial charge is 0.416 e. The Bertz CT molecular complexity index is 483. The summed E-state index contributed by atoms with van der Waals surface area (Å²) in [4.78, 5) is 2.28. The quantitative estimate of drug-likeness (QED) is 0.925. The molecule has 2 rings (SSSR count). The molecule has 6 heteroatoms. The summed E-state index contributed by atoms with van der Waals surface area (Å²) in [5.41, 5.74) is 0.132. The van der Waals surface area contributed by atoms with Gasteiger partial charge in [0.2, 0.25) is 0 Å². The minimum atomic E-state index is -4.31. The first-order chi connectivity index (χ1) is 9.88. The Kier molecular flexibility index (Phi) is 5.11. The number of benzene rings is 1. The van der Waals surface area contributed by atoms with E-state index in [0.29, 0.717) is 17.9 Å². The van der Waals surface area contributed by atoms with Gasteiger partial charge in [0.1, 0.15) is 12.4 Å². The van der Waals surface area contributed by atoms with E-state index in [1.54, 1.807) is 6.92 Å². The van der Waals surface area contributed by atoms with E-state index in [-0.39, 0.29) is 5.56 Å². The van der Waals surface area contributed by atoms with Gasteiger partial charge in [-0.15, -0.1) is 0 Å². The van der Waals surface area contributed by atoms with Crippen molar-refractivity contribution in [2.24, 2.45) is 0 Å². The fraction of sp³-hybridized carbons (Fsp3) is 0.600. The highest BCUT2D eigenvalue weighted by Crippen LogP contribution is 2.35. The van der Waals surface area contributed by atoms with Gasteiger partial charge < -0.3 is 10.1 Å². The summed E-state index contributed by atoms with van der Waals surface area (Å²) in [5.74, 6) is 0.538. The first-order valence-electron chi connectivity index (χ1n) is 7.12. The topological polar surface area (TPSA) is 24.5 Å². The normalized spacial score (nSPS) is 17.0. The molecule has 1 aromatic carbocycles. The Balaban J connectivity index is 1.95. The van der Waals surface area contributed by atoms with Crippen molar-refractivity contribution >= 4 is 0 Å². The summed E-state index contributed by atoms with van der Waals surface area (Å²) >= 11 is 0. The zero-order valence-electron chi connectivity index (χ0n) is 12.4. The second-order valence-corrected chi connectivity index (χ2v) is 5.37. The van der Waals surface area contributed by atoms with Crippen LogP contribution in [0.25, 0.3) is 0 Å². The second kappa shape index (κ2) is 6.66. The van der Waals surface area contributed by atoms with Crippen molar-refractivity contribution in [3.63, 3.8) is 0 Å². The molecule has 118 valence electrons. The summed E-state index contributed by atoms with van der Waals surface area (Å²) < 4.78 is 44.1. The zero-order chi connectivity index (χ0) is 15.5. The number of piperazine rings is 1. The number of hydrogen-bond acceptors (Lipinski definition) is 3. The average Bonchev–Trinajstić information content (AvgIpc) is 2.42. The van der Waals surface area contributed by atoms with Crippen molar-refractivity contribution in [1.82, 2.24) is 10.2 Å². The number of ether oxygens (including phenoxy) is 1. The van der Waals surface area contributed by atoms with Crippen molar-refractivity contribution in [2.75, 3.05) is 39.3 Å². The van der Waals surface area contributed by atoms with Crippen LogP contribution in [-0.4, -0.2) is 44.2 Å². The molecule has 1 N–H and O–H groups in total. The Morgan fingerprint density at radius 3 is 2.43 bits per heavy atom. The maximum atomic E-state index is 12.8. The molecule has 0 aromatic heterocycles. The molecule has 0 aliphatic carbocycles. The van der Waals surface area contributed by atoms with Crippen LogP contribution in [0.15, 0.2) is 12.1 Å². The van der Waals surface area contributed by atoms with Crippen LogP contribution in [0.3, 0.4) is 0 Å². The molecular formula is C15H21F3N2O. The lowest BCUT2D eigenvalue weighted by Gasteiger charge is -2.27. The molecule has 0 radical (unpaired) electrons. The monoisotopic (exact) mass is 302 g/mol. The molecular weight excluding hydrogens is 281 g/mol. The van der Waals surface area contributed by atoms with Gasteiger partial charge in [0.25, 0.3) is 0 Å². The van der Waals surface area contributed by atoms with E-state index in [0.717, 1.165) is 38.8 Å². The first kappa shape index (κ1) is 16.1. The Hall–Kier alpha value is -1.27. The third-order valence-corrected chi connectivity index (χ3v) is 3.70. The van der Waals surface area contributed by atoms with Gasteiger partial charge >= 0.3 is 6.18 Å². The number of hydrogen-bond donors (Lipinski definition) is 1. The maximum Gasteiger partial charge on any atom is 0.416 e. The molecule has 21 heavy (non-hydrogen) atoms. The number of aryl methyl sites for hydroxylation is 2. The minimum absolute atomic E-state index is 0.199. The van der Waals surface area contributed by atoms with E-state index in [1.807, 2.05) is 0 Å². The molecule has 1 aliphatic rings. The number of nitrogens with one attached hydrogen (secondary N) is 1. The van der Waals surface area contributed by atoms with Crippen molar-refractivity contribution in [2.45, 2.75) is 20.0 Å². The molecule has 0 spiro atoms. The molecule has 1 aromatic rings. The summed E-state index contributed by atoms with van der Waals surface area (Å²) in [7, 11) is 0. The standard InChI is InChI=1S/C15H21F3N2O/c1-11-10-14(12(2)9-13(11)15(16,17)18)21-8-7-20-5-3-19-4-6-20/h9-10,19H,3-8H2,1-2H3. The van der Waals surface area contributed by atoms with Crippen LogP contribution in [-0.2, 0) is 6.18 Å². The highest BCUT2D eigenvalue weighted by molar-refractivity contribution is 5.42. The SMILES string of the molecule is Cc1cc(C(F)(F)F)c(C)cc1OCCN1CCNCC1. The van der Waals surface area contributed by atoms with E-state index in [4.69, 9.17) is 4.74 Å². The van der Waals surface area contributed by atoms with E-state index in [9.17, 15) is 13.2 Å². The number of rotatable bonds is 4. The van der Waals surface area contributed by atoms with Gasteiger partial charge in [0.05, 0.1) is 5.56 Å². The molecule has 0 amide bonds. The predicted molar refractivity (Wildman–Crippen MR) is 75.7 cm³/mol. The third-order valence-electron chi connectivity index (χ3n) is 3.70. The first-order valence-corrected chi connectivity index (χ1v) is 7.12. The van der Waals surface area contributed by atoms with Gasteiger partial charge in [-0.1, -0.05) is 0 Å². The zero-order valence-corrected chi connectivity index (χ0v) is 12.4. The lowest BCUT2D eigenvalue weighted by Crippen LogP contribution is -2.44. The molecule has 1 heterocycles. The molecule has 0 unspecified atom stereocenters. The van der Waals surface area contributed by atoms with Crippen LogP contribution in [0, 0.1) is 13.8 Å². The highest BCUT2D eigenvalue weighted by Gasteiger charge is 2.32. The van der Waals surface area contributed by atoms with Gasteiger partial charge in [-0.3, -0.25) is 4.90 Å². The molecule has 0 bridgehead atoms. The summed E-state index contributed by atoms with van der Waals surface area (Å²) in [6.07, 6.45) is -4.31. The van der Waals surface area contributed by atoms with Crippen LogP contribution in [0.4, 0.5) is 13.2 Å². The van der Waals surface area contributed by atoms with E-state index in [2.05, 4.69) is 10.2 Å². The predicted octanol–water partition coefficient (Wildman–Crippen LogP) is 2.61. The van der Waals surface area contributed by atoms with Crippen LogP contribution >= 0.6 is 0 Å². The van der Waals surface area contributed by atoms with Crippen LogP contribution in [0.2, 0.25) is 0 Å². The molecule has 0 atom stereocenters. The van der Waals surface area contributed by atoms with Crippen LogP contribution in [0.1, 0.15) is 16.7 Å². The number of halogens is 3. The fourth-order valence-electron chi connectivity index (χ4n) is 2.47. The van der Waals surface area contributed by atoms with Crippen LogP contribution in [0.5, 0.6) is 5.75 Å². The molecule has 3 nitrogen and oxygen atoms in total. The molecule has 1 fully saturated rings. The summed E-state index contributed by atoms with van der Waals surface area (Å²) in [6, 6.07) is 2.64. The number of nitrogens with zero attached hydrogens (tertiary/aromatic N) is 1. The summed E-state index contributed by atoms with van der Waals surface area (Å²) in [6.45, 7) is 8.30. The second-order valence-electron chi connectivity index (χ2n) is 5.37. The van der Waals surface area contributed by atoms with Gasteiger partial charge in [-0.25, -0.2) is 0 Å². The van der Waals surface area contributed by atoms with E-state index in [1.165, 1.54) is 13.0 Å². The minimum Gasteiger partial charge on any atom is -0.492 e. The van der Waals surface area contributed by atoms with E-state index >= 15 is 0 Å². The molecule has 1 aliphatic heterocycles.